The molecule has 0 bridgehead atoms. The molecule has 0 spiro atoms. The second-order valence-electron chi connectivity index (χ2n) is 3.68. The fourth-order valence-corrected chi connectivity index (χ4v) is 2.40. The summed E-state index contributed by atoms with van der Waals surface area (Å²) < 4.78 is 3.04. The number of fused-ring (bicyclic) bond motifs is 1. The summed E-state index contributed by atoms with van der Waals surface area (Å²) >= 11 is 3.51. The largest absolute Gasteiger partial charge is 0.311 e. The van der Waals surface area contributed by atoms with Crippen molar-refractivity contribution in [3.63, 3.8) is 0 Å². The van der Waals surface area contributed by atoms with Gasteiger partial charge in [0.2, 0.25) is 0 Å². The Hall–Kier alpha value is -0.870. The van der Waals surface area contributed by atoms with Crippen molar-refractivity contribution in [2.75, 3.05) is 7.05 Å². The average molecular weight is 268 g/mol. The van der Waals surface area contributed by atoms with E-state index < -0.39 is 0 Å². The normalized spacial score (nSPS) is 13.3. The monoisotopic (exact) mass is 267 g/mol. The van der Waals surface area contributed by atoms with Gasteiger partial charge in [0.1, 0.15) is 10.4 Å². The van der Waals surface area contributed by atoms with Crippen LogP contribution < -0.4 is 5.32 Å². The van der Waals surface area contributed by atoms with Crippen molar-refractivity contribution in [1.29, 1.82) is 0 Å². The lowest BCUT2D eigenvalue weighted by Crippen LogP contribution is -2.15. The van der Waals surface area contributed by atoms with E-state index in [9.17, 15) is 0 Å². The summed E-state index contributed by atoms with van der Waals surface area (Å²) in [6.45, 7) is 4.19. The van der Waals surface area contributed by atoms with E-state index in [0.29, 0.717) is 0 Å². The molecule has 1 atom stereocenters. The minimum Gasteiger partial charge on any atom is -0.311 e. The predicted molar refractivity (Wildman–Crippen MR) is 65.1 cm³/mol. The van der Waals surface area contributed by atoms with Crippen molar-refractivity contribution in [2.45, 2.75) is 19.9 Å². The molecule has 0 radical (unpaired) electrons. The van der Waals surface area contributed by atoms with Gasteiger partial charge < -0.3 is 9.72 Å². The van der Waals surface area contributed by atoms with Gasteiger partial charge in [0.15, 0.2) is 0 Å². The Morgan fingerprint density at radius 2 is 2.27 bits per heavy atom. The third kappa shape index (κ3) is 1.68. The average Bonchev–Trinajstić information content (AvgIpc) is 2.56. The van der Waals surface area contributed by atoms with Gasteiger partial charge in [-0.3, -0.25) is 0 Å². The van der Waals surface area contributed by atoms with Crippen LogP contribution in [0.25, 0.3) is 5.52 Å². The molecule has 1 unspecified atom stereocenters. The highest BCUT2D eigenvalue weighted by molar-refractivity contribution is 9.10. The number of hydrogen-bond donors (Lipinski definition) is 1. The van der Waals surface area contributed by atoms with Gasteiger partial charge >= 0.3 is 0 Å². The second kappa shape index (κ2) is 3.94. The van der Waals surface area contributed by atoms with E-state index in [1.165, 1.54) is 5.56 Å². The molecule has 0 saturated heterocycles. The van der Waals surface area contributed by atoms with Gasteiger partial charge in [0, 0.05) is 6.20 Å². The van der Waals surface area contributed by atoms with Gasteiger partial charge in [-0.2, -0.15) is 0 Å². The van der Waals surface area contributed by atoms with Gasteiger partial charge in [-0.25, -0.2) is 4.98 Å². The van der Waals surface area contributed by atoms with E-state index in [4.69, 9.17) is 0 Å². The molecule has 4 heteroatoms. The van der Waals surface area contributed by atoms with Crippen LogP contribution in [-0.2, 0) is 0 Å². The Morgan fingerprint density at radius 1 is 1.53 bits per heavy atom. The molecule has 2 heterocycles. The Balaban J connectivity index is 2.73. The van der Waals surface area contributed by atoms with E-state index in [-0.39, 0.29) is 6.04 Å². The molecule has 0 aliphatic rings. The molecule has 2 aromatic heterocycles. The molecule has 0 saturated carbocycles. The smallest absolute Gasteiger partial charge is 0.132 e. The maximum Gasteiger partial charge on any atom is 0.132 e. The van der Waals surface area contributed by atoms with Gasteiger partial charge in [0.25, 0.3) is 0 Å². The summed E-state index contributed by atoms with van der Waals surface area (Å²) in [5.41, 5.74) is 2.38. The van der Waals surface area contributed by atoms with E-state index in [2.05, 4.69) is 50.5 Å². The number of hydrogen-bond acceptors (Lipinski definition) is 2. The van der Waals surface area contributed by atoms with Crippen LogP contribution in [-0.4, -0.2) is 16.4 Å². The van der Waals surface area contributed by atoms with Crippen LogP contribution >= 0.6 is 15.9 Å². The predicted octanol–water partition coefficient (Wildman–Crippen LogP) is 2.69. The zero-order valence-corrected chi connectivity index (χ0v) is 10.7. The molecule has 0 aliphatic heterocycles. The van der Waals surface area contributed by atoms with E-state index in [1.807, 2.05) is 19.3 Å². The Kier molecular flexibility index (Phi) is 2.80. The third-order valence-corrected chi connectivity index (χ3v) is 3.22. The van der Waals surface area contributed by atoms with E-state index in [0.717, 1.165) is 15.9 Å². The lowest BCUT2D eigenvalue weighted by Gasteiger charge is -2.08. The van der Waals surface area contributed by atoms with Gasteiger partial charge in [-0.1, -0.05) is 6.07 Å². The summed E-state index contributed by atoms with van der Waals surface area (Å²) in [5, 5.41) is 3.20. The molecule has 15 heavy (non-hydrogen) atoms. The highest BCUT2D eigenvalue weighted by Gasteiger charge is 2.14. The Bertz CT molecular complexity index is 490. The highest BCUT2D eigenvalue weighted by atomic mass is 79.9. The first-order valence-corrected chi connectivity index (χ1v) is 5.74. The van der Waals surface area contributed by atoms with Crippen LogP contribution in [0.5, 0.6) is 0 Å². The molecule has 0 amide bonds. The highest BCUT2D eigenvalue weighted by Crippen LogP contribution is 2.24. The summed E-state index contributed by atoms with van der Waals surface area (Å²) in [6.07, 6.45) is 2.04. The topological polar surface area (TPSA) is 29.3 Å². The summed E-state index contributed by atoms with van der Waals surface area (Å²) in [5.74, 6) is 1.03. The lowest BCUT2D eigenvalue weighted by atomic mass is 10.2. The van der Waals surface area contributed by atoms with Crippen LogP contribution in [0.1, 0.15) is 24.4 Å². The maximum absolute atomic E-state index is 4.54. The standard InChI is InChI=1S/C11H14BrN3/c1-7-5-4-6-15-9(7)10(12)14-11(15)8(2)13-3/h4-6,8,13H,1-3H3. The Labute approximate surface area is 97.6 Å². The summed E-state index contributed by atoms with van der Waals surface area (Å²) in [6, 6.07) is 4.38. The first kappa shape index (κ1) is 10.6. The first-order chi connectivity index (χ1) is 7.15. The Morgan fingerprint density at radius 3 is 2.93 bits per heavy atom. The minimum atomic E-state index is 0.241. The molecule has 3 nitrogen and oxygen atoms in total. The number of nitrogens with one attached hydrogen (secondary N) is 1. The van der Waals surface area contributed by atoms with Crippen LogP contribution in [0.4, 0.5) is 0 Å². The van der Waals surface area contributed by atoms with Crippen molar-refractivity contribution < 1.29 is 0 Å². The van der Waals surface area contributed by atoms with Crippen LogP contribution in [0.3, 0.4) is 0 Å². The van der Waals surface area contributed by atoms with Crippen molar-refractivity contribution in [1.82, 2.24) is 14.7 Å². The minimum absolute atomic E-state index is 0.241. The van der Waals surface area contributed by atoms with E-state index >= 15 is 0 Å². The van der Waals surface area contributed by atoms with Crippen molar-refractivity contribution in [3.05, 3.63) is 34.3 Å². The summed E-state index contributed by atoms with van der Waals surface area (Å²) in [4.78, 5) is 4.54. The molecule has 0 aliphatic carbocycles. The molecule has 2 aromatic rings. The fourth-order valence-electron chi connectivity index (χ4n) is 1.71. The number of halogens is 1. The zero-order chi connectivity index (χ0) is 11.0. The van der Waals surface area contributed by atoms with Crippen molar-refractivity contribution in [2.24, 2.45) is 0 Å². The van der Waals surface area contributed by atoms with Gasteiger partial charge in [-0.15, -0.1) is 0 Å². The quantitative estimate of drug-likeness (QED) is 0.907. The van der Waals surface area contributed by atoms with Crippen molar-refractivity contribution in [3.8, 4) is 0 Å². The van der Waals surface area contributed by atoms with Gasteiger partial charge in [-0.05, 0) is 48.5 Å². The number of imidazole rings is 1. The molecule has 0 fully saturated rings. The van der Waals surface area contributed by atoms with Crippen LogP contribution in [0.15, 0.2) is 22.9 Å². The van der Waals surface area contributed by atoms with Crippen LogP contribution in [0.2, 0.25) is 0 Å². The molecule has 0 aromatic carbocycles. The number of rotatable bonds is 2. The molecular weight excluding hydrogens is 254 g/mol. The summed E-state index contributed by atoms with van der Waals surface area (Å²) in [7, 11) is 1.94. The fraction of sp³-hybridized carbons (Fsp3) is 0.364. The number of aromatic nitrogens is 2. The number of aryl methyl sites for hydroxylation is 1. The third-order valence-electron chi connectivity index (χ3n) is 2.67. The van der Waals surface area contributed by atoms with Crippen LogP contribution in [0, 0.1) is 6.92 Å². The maximum atomic E-state index is 4.54. The van der Waals surface area contributed by atoms with E-state index in [1.54, 1.807) is 0 Å². The number of pyridine rings is 1. The van der Waals surface area contributed by atoms with Crippen molar-refractivity contribution >= 4 is 21.4 Å². The molecule has 1 N–H and O–H groups in total. The number of nitrogens with zero attached hydrogens (tertiary/aromatic N) is 2. The second-order valence-corrected chi connectivity index (χ2v) is 4.43. The van der Waals surface area contributed by atoms with Gasteiger partial charge in [0.05, 0.1) is 11.6 Å². The molecular formula is C11H14BrN3. The molecule has 80 valence electrons. The first-order valence-electron chi connectivity index (χ1n) is 4.95. The lowest BCUT2D eigenvalue weighted by molar-refractivity contribution is 0.607. The SMILES string of the molecule is CNC(C)c1nc(Br)c2c(C)cccn12. The zero-order valence-electron chi connectivity index (χ0n) is 9.08. The molecule has 2 rings (SSSR count).